The molecular formula is C27H33N5O6. The number of hydrogen-bond donors (Lipinski definition) is 5. The largest absolute Gasteiger partial charge is 0.508 e. The number of phenols is 1. The molecule has 1 heterocycles. The zero-order chi connectivity index (χ0) is 27.9. The van der Waals surface area contributed by atoms with Gasteiger partial charge in [0.25, 0.3) is 0 Å². The second kappa shape index (κ2) is 12.2. The predicted octanol–water partition coefficient (Wildman–Crippen LogP) is -0.370. The summed E-state index contributed by atoms with van der Waals surface area (Å²) in [6.07, 6.45) is 0.245. The Kier molecular flexibility index (Phi) is 9.06. The number of likely N-dealkylation sites (N-methyl/N-ethyl adjacent to an activating group) is 1. The van der Waals surface area contributed by atoms with Gasteiger partial charge in [-0.15, -0.1) is 0 Å². The summed E-state index contributed by atoms with van der Waals surface area (Å²) in [5, 5.41) is 19.8. The van der Waals surface area contributed by atoms with Crippen LogP contribution in [0.15, 0.2) is 54.6 Å². The number of carbonyl (C=O) groups excluding carboxylic acids is 5. The molecule has 1 saturated heterocycles. The Labute approximate surface area is 221 Å². The lowest BCUT2D eigenvalue weighted by atomic mass is 9.97. The summed E-state index contributed by atoms with van der Waals surface area (Å²) >= 11 is 0. The zero-order valence-corrected chi connectivity index (χ0v) is 21.6. The summed E-state index contributed by atoms with van der Waals surface area (Å²) in [4.78, 5) is 66.1. The van der Waals surface area contributed by atoms with Crippen molar-refractivity contribution >= 4 is 29.5 Å². The summed E-state index contributed by atoms with van der Waals surface area (Å²) in [6, 6.07) is 13.2. The summed E-state index contributed by atoms with van der Waals surface area (Å²) in [7, 11) is 1.46. The number of carbonyl (C=O) groups is 5. The number of phenolic OH excluding ortho intramolecular Hbond substituents is 1. The van der Waals surface area contributed by atoms with Crippen molar-refractivity contribution < 1.29 is 29.1 Å². The molecule has 2 atom stereocenters. The summed E-state index contributed by atoms with van der Waals surface area (Å²) in [5.41, 5.74) is 0.0523. The summed E-state index contributed by atoms with van der Waals surface area (Å²) in [6.45, 7) is 2.28. The minimum Gasteiger partial charge on any atom is -0.508 e. The Morgan fingerprint density at radius 3 is 2.03 bits per heavy atom. The van der Waals surface area contributed by atoms with Gasteiger partial charge in [0.15, 0.2) is 0 Å². The first-order valence-corrected chi connectivity index (χ1v) is 12.2. The lowest BCUT2D eigenvalue weighted by molar-refractivity contribution is -0.147. The number of nitrogens with one attached hydrogen (secondary N) is 4. The van der Waals surface area contributed by atoms with Gasteiger partial charge in [0, 0.05) is 19.9 Å². The summed E-state index contributed by atoms with van der Waals surface area (Å²) in [5.74, 6) is -2.88. The van der Waals surface area contributed by atoms with Crippen LogP contribution in [0.2, 0.25) is 0 Å². The predicted molar refractivity (Wildman–Crippen MR) is 139 cm³/mol. The maximum absolute atomic E-state index is 13.6. The van der Waals surface area contributed by atoms with Crippen LogP contribution in [0.25, 0.3) is 0 Å². The molecule has 0 aliphatic carbocycles. The molecular weight excluding hydrogens is 490 g/mol. The fourth-order valence-corrected chi connectivity index (χ4v) is 3.90. The van der Waals surface area contributed by atoms with Gasteiger partial charge >= 0.3 is 0 Å². The molecule has 0 bridgehead atoms. The van der Waals surface area contributed by atoms with Crippen molar-refractivity contribution in [2.24, 2.45) is 0 Å². The molecule has 3 rings (SSSR count). The van der Waals surface area contributed by atoms with E-state index < -0.39 is 60.2 Å². The van der Waals surface area contributed by atoms with E-state index in [0.717, 1.165) is 5.56 Å². The zero-order valence-electron chi connectivity index (χ0n) is 21.6. The van der Waals surface area contributed by atoms with Gasteiger partial charge in [-0.2, -0.15) is 0 Å². The average molecular weight is 524 g/mol. The minimum absolute atomic E-state index is 0.0514. The SMILES string of the molecule is CN1C(=O)C(Cc2ccccc2)NC(=O)CNC(=O)CNC(=O)C(Cc2ccc(O)cc2)NC(=O)C1(C)C. The average Bonchev–Trinajstić information content (AvgIpc) is 2.90. The Balaban J connectivity index is 1.91. The van der Waals surface area contributed by atoms with Gasteiger partial charge in [0.2, 0.25) is 29.5 Å². The normalized spacial score (nSPS) is 21.3. The number of nitrogens with zero attached hydrogens (tertiary/aromatic N) is 1. The number of hydrogen-bond acceptors (Lipinski definition) is 6. The second-order valence-corrected chi connectivity index (χ2v) is 9.66. The van der Waals surface area contributed by atoms with E-state index in [1.54, 1.807) is 26.0 Å². The van der Waals surface area contributed by atoms with Gasteiger partial charge in [0.05, 0.1) is 13.1 Å². The highest BCUT2D eigenvalue weighted by Gasteiger charge is 2.40. The van der Waals surface area contributed by atoms with E-state index in [1.807, 2.05) is 30.3 Å². The van der Waals surface area contributed by atoms with E-state index in [4.69, 9.17) is 0 Å². The van der Waals surface area contributed by atoms with Crippen LogP contribution in [0.5, 0.6) is 5.75 Å². The van der Waals surface area contributed by atoms with Crippen LogP contribution in [0, 0.1) is 0 Å². The molecule has 1 aliphatic rings. The second-order valence-electron chi connectivity index (χ2n) is 9.66. The van der Waals surface area contributed by atoms with Crippen molar-refractivity contribution in [1.82, 2.24) is 26.2 Å². The highest BCUT2D eigenvalue weighted by atomic mass is 16.3. The van der Waals surface area contributed by atoms with Crippen LogP contribution in [0.4, 0.5) is 0 Å². The molecule has 38 heavy (non-hydrogen) atoms. The highest BCUT2D eigenvalue weighted by molar-refractivity contribution is 5.97. The molecule has 0 spiro atoms. The molecule has 0 saturated carbocycles. The van der Waals surface area contributed by atoms with Crippen molar-refractivity contribution in [3.63, 3.8) is 0 Å². The van der Waals surface area contributed by atoms with Crippen LogP contribution < -0.4 is 21.3 Å². The van der Waals surface area contributed by atoms with Crippen molar-refractivity contribution in [2.75, 3.05) is 20.1 Å². The molecule has 202 valence electrons. The fourth-order valence-electron chi connectivity index (χ4n) is 3.90. The number of rotatable bonds is 4. The number of amides is 5. The van der Waals surface area contributed by atoms with Crippen LogP contribution >= 0.6 is 0 Å². The highest BCUT2D eigenvalue weighted by Crippen LogP contribution is 2.18. The molecule has 11 heteroatoms. The molecule has 5 N–H and O–H groups in total. The van der Waals surface area contributed by atoms with E-state index in [2.05, 4.69) is 21.3 Å². The van der Waals surface area contributed by atoms with E-state index in [1.165, 1.54) is 24.1 Å². The van der Waals surface area contributed by atoms with Crippen molar-refractivity contribution in [3.8, 4) is 5.75 Å². The first-order chi connectivity index (χ1) is 18.0. The van der Waals surface area contributed by atoms with Gasteiger partial charge in [-0.25, -0.2) is 0 Å². The lowest BCUT2D eigenvalue weighted by Gasteiger charge is -2.37. The third kappa shape index (κ3) is 7.31. The molecule has 5 amide bonds. The van der Waals surface area contributed by atoms with Crippen molar-refractivity contribution in [1.29, 1.82) is 0 Å². The van der Waals surface area contributed by atoms with Gasteiger partial charge in [0.1, 0.15) is 23.4 Å². The van der Waals surface area contributed by atoms with Gasteiger partial charge in [-0.3, -0.25) is 24.0 Å². The van der Waals surface area contributed by atoms with E-state index >= 15 is 0 Å². The molecule has 0 radical (unpaired) electrons. The molecule has 2 unspecified atom stereocenters. The third-order valence-corrected chi connectivity index (χ3v) is 6.51. The van der Waals surface area contributed by atoms with Crippen LogP contribution in [0.1, 0.15) is 25.0 Å². The van der Waals surface area contributed by atoms with Crippen LogP contribution in [-0.4, -0.2) is 77.3 Å². The van der Waals surface area contributed by atoms with Gasteiger partial charge in [-0.1, -0.05) is 42.5 Å². The monoisotopic (exact) mass is 523 g/mol. The maximum atomic E-state index is 13.6. The van der Waals surface area contributed by atoms with Gasteiger partial charge < -0.3 is 31.3 Å². The third-order valence-electron chi connectivity index (χ3n) is 6.51. The molecule has 2 aromatic carbocycles. The van der Waals surface area contributed by atoms with E-state index in [0.29, 0.717) is 5.56 Å². The standard InChI is InChI=1S/C27H33N5O6/c1-27(2)26(38)31-20(13-18-9-11-19(33)12-10-18)24(36)29-15-22(34)28-16-23(35)30-21(25(37)32(27)3)14-17-7-5-4-6-8-17/h4-12,20-21,33H,13-16H2,1-3H3,(H,28,34)(H,29,36)(H,30,35)(H,31,38). The van der Waals surface area contributed by atoms with Crippen molar-refractivity contribution in [2.45, 2.75) is 44.3 Å². The molecule has 0 aromatic heterocycles. The number of benzene rings is 2. The Morgan fingerprint density at radius 2 is 1.37 bits per heavy atom. The molecule has 2 aromatic rings. The molecule has 1 fully saturated rings. The maximum Gasteiger partial charge on any atom is 0.246 e. The lowest BCUT2D eigenvalue weighted by Crippen LogP contribution is -2.62. The first kappa shape index (κ1) is 28.2. The van der Waals surface area contributed by atoms with Crippen LogP contribution in [0.3, 0.4) is 0 Å². The first-order valence-electron chi connectivity index (χ1n) is 12.2. The van der Waals surface area contributed by atoms with E-state index in [9.17, 15) is 29.1 Å². The minimum atomic E-state index is -1.40. The Bertz CT molecular complexity index is 1180. The summed E-state index contributed by atoms with van der Waals surface area (Å²) < 4.78 is 0. The fraction of sp³-hybridized carbons (Fsp3) is 0.370. The Hall–Kier alpha value is -4.41. The Morgan fingerprint density at radius 1 is 0.789 bits per heavy atom. The van der Waals surface area contributed by atoms with Crippen LogP contribution in [-0.2, 0) is 36.8 Å². The smallest absolute Gasteiger partial charge is 0.246 e. The number of aromatic hydroxyl groups is 1. The quantitative estimate of drug-likeness (QED) is 0.368. The topological polar surface area (TPSA) is 157 Å². The van der Waals surface area contributed by atoms with Gasteiger partial charge in [-0.05, 0) is 37.1 Å². The molecule has 1 aliphatic heterocycles. The van der Waals surface area contributed by atoms with Crippen molar-refractivity contribution in [3.05, 3.63) is 65.7 Å². The van der Waals surface area contributed by atoms with E-state index in [-0.39, 0.29) is 18.6 Å². The molecule has 11 nitrogen and oxygen atoms in total.